The molecule has 1 aliphatic carbocycles. The molecule has 1 amide bonds. The molecule has 0 radical (unpaired) electrons. The van der Waals surface area contributed by atoms with Crippen molar-refractivity contribution in [3.63, 3.8) is 0 Å². The summed E-state index contributed by atoms with van der Waals surface area (Å²) in [7, 11) is 0. The van der Waals surface area contributed by atoms with E-state index in [-0.39, 0.29) is 17.2 Å². The average molecular weight is 308 g/mol. The zero-order valence-electron chi connectivity index (χ0n) is 10.6. The molecular formula is C15H18BrNO. The van der Waals surface area contributed by atoms with Crippen molar-refractivity contribution in [1.29, 1.82) is 0 Å². The highest BCUT2D eigenvalue weighted by atomic mass is 79.9. The lowest BCUT2D eigenvalue weighted by Crippen LogP contribution is -2.32. The molecule has 96 valence electrons. The molecule has 1 atom stereocenters. The monoisotopic (exact) mass is 307 g/mol. The Morgan fingerprint density at radius 3 is 2.72 bits per heavy atom. The van der Waals surface area contributed by atoms with Gasteiger partial charge in [0.2, 0.25) is 5.91 Å². The van der Waals surface area contributed by atoms with Crippen LogP contribution in [0.4, 0.5) is 5.69 Å². The lowest BCUT2D eigenvalue weighted by Gasteiger charge is -2.38. The van der Waals surface area contributed by atoms with Crippen LogP contribution in [-0.2, 0) is 4.79 Å². The maximum atomic E-state index is 12.3. The summed E-state index contributed by atoms with van der Waals surface area (Å²) in [4.78, 5) is 12.3. The van der Waals surface area contributed by atoms with Crippen LogP contribution in [0, 0.1) is 5.41 Å². The van der Waals surface area contributed by atoms with Gasteiger partial charge in [0, 0.05) is 10.2 Å². The van der Waals surface area contributed by atoms with E-state index >= 15 is 0 Å². The number of carbonyl (C=O) groups is 1. The number of benzene rings is 1. The Balaban J connectivity index is 2.02. The second-order valence-electron chi connectivity index (χ2n) is 5.87. The van der Waals surface area contributed by atoms with Gasteiger partial charge in [-0.15, -0.1) is 0 Å². The third-order valence-electron chi connectivity index (χ3n) is 4.54. The number of halogens is 1. The number of anilines is 1. The van der Waals surface area contributed by atoms with Gasteiger partial charge in [-0.2, -0.15) is 0 Å². The largest absolute Gasteiger partial charge is 0.325 e. The Morgan fingerprint density at radius 2 is 2.00 bits per heavy atom. The highest BCUT2D eigenvalue weighted by molar-refractivity contribution is 9.10. The summed E-state index contributed by atoms with van der Waals surface area (Å²) in [6, 6.07) is 6.10. The highest BCUT2D eigenvalue weighted by Crippen LogP contribution is 2.51. The molecule has 1 saturated carbocycles. The van der Waals surface area contributed by atoms with Crippen molar-refractivity contribution in [3.8, 4) is 0 Å². The first-order valence-electron chi connectivity index (χ1n) is 6.70. The molecule has 0 spiro atoms. The predicted molar refractivity (Wildman–Crippen MR) is 76.7 cm³/mol. The molecule has 18 heavy (non-hydrogen) atoms. The maximum Gasteiger partial charge on any atom is 0.232 e. The molecule has 2 aliphatic rings. The molecule has 3 rings (SSSR count). The van der Waals surface area contributed by atoms with E-state index in [4.69, 9.17) is 0 Å². The summed E-state index contributed by atoms with van der Waals surface area (Å²) in [5.41, 5.74) is 2.31. The number of carbonyl (C=O) groups excluding carboxylic acids is 1. The van der Waals surface area contributed by atoms with Crippen LogP contribution in [-0.4, -0.2) is 5.91 Å². The zero-order chi connectivity index (χ0) is 12.8. The first-order valence-corrected chi connectivity index (χ1v) is 7.50. The van der Waals surface area contributed by atoms with Gasteiger partial charge in [-0.05, 0) is 42.0 Å². The second-order valence-corrected chi connectivity index (χ2v) is 6.78. The number of hydrogen-bond donors (Lipinski definition) is 1. The molecule has 1 N–H and O–H groups in total. The minimum Gasteiger partial charge on any atom is -0.325 e. The summed E-state index contributed by atoms with van der Waals surface area (Å²) in [5.74, 6) is 0.220. The van der Waals surface area contributed by atoms with Crippen molar-refractivity contribution in [2.45, 2.75) is 44.9 Å². The topological polar surface area (TPSA) is 29.1 Å². The first-order chi connectivity index (χ1) is 8.60. The van der Waals surface area contributed by atoms with E-state index in [9.17, 15) is 4.79 Å². The van der Waals surface area contributed by atoms with Crippen molar-refractivity contribution in [3.05, 3.63) is 28.2 Å². The van der Waals surface area contributed by atoms with Gasteiger partial charge in [0.25, 0.3) is 0 Å². The first kappa shape index (κ1) is 12.2. The number of nitrogens with one attached hydrogen (secondary N) is 1. The van der Waals surface area contributed by atoms with Crippen molar-refractivity contribution < 1.29 is 4.79 Å². The Hall–Kier alpha value is -0.830. The van der Waals surface area contributed by atoms with E-state index in [1.807, 2.05) is 12.1 Å². The lowest BCUT2D eigenvalue weighted by molar-refractivity contribution is -0.120. The fourth-order valence-electron chi connectivity index (χ4n) is 3.57. The smallest absolute Gasteiger partial charge is 0.232 e. The van der Waals surface area contributed by atoms with Gasteiger partial charge in [-0.25, -0.2) is 0 Å². The molecule has 0 saturated heterocycles. The maximum absolute atomic E-state index is 12.3. The molecule has 1 aliphatic heterocycles. The van der Waals surface area contributed by atoms with Crippen LogP contribution in [0.5, 0.6) is 0 Å². The third kappa shape index (κ3) is 1.89. The number of amides is 1. The van der Waals surface area contributed by atoms with Gasteiger partial charge >= 0.3 is 0 Å². The number of fused-ring (bicyclic) bond motifs is 1. The minimum atomic E-state index is 0.0327. The standard InChI is InChI=1S/C15H18BrNO/c1-15(7-3-2-4-8-15)13-11-9-10(16)5-6-12(11)17-14(13)18/h5-6,9,13H,2-4,7-8H2,1H3,(H,17,18). The van der Waals surface area contributed by atoms with Gasteiger partial charge in [0.15, 0.2) is 0 Å². The van der Waals surface area contributed by atoms with E-state index in [2.05, 4.69) is 34.2 Å². The summed E-state index contributed by atoms with van der Waals surface area (Å²) < 4.78 is 1.06. The molecule has 0 aromatic heterocycles. The van der Waals surface area contributed by atoms with E-state index in [0.717, 1.165) is 23.0 Å². The van der Waals surface area contributed by atoms with Crippen molar-refractivity contribution in [1.82, 2.24) is 0 Å². The van der Waals surface area contributed by atoms with Gasteiger partial charge < -0.3 is 5.32 Å². The van der Waals surface area contributed by atoms with Gasteiger partial charge in [0.1, 0.15) is 0 Å². The summed E-state index contributed by atoms with van der Waals surface area (Å²) in [6.45, 7) is 2.28. The van der Waals surface area contributed by atoms with Crippen LogP contribution in [0.1, 0.15) is 50.5 Å². The average Bonchev–Trinajstić information content (AvgIpc) is 2.66. The van der Waals surface area contributed by atoms with Gasteiger partial charge in [-0.1, -0.05) is 42.1 Å². The number of hydrogen-bond acceptors (Lipinski definition) is 1. The molecule has 1 unspecified atom stereocenters. The fraction of sp³-hybridized carbons (Fsp3) is 0.533. The molecule has 1 heterocycles. The Bertz CT molecular complexity index is 491. The normalized spacial score (nSPS) is 25.7. The third-order valence-corrected chi connectivity index (χ3v) is 5.03. The van der Waals surface area contributed by atoms with Crippen molar-refractivity contribution in [2.24, 2.45) is 5.41 Å². The highest BCUT2D eigenvalue weighted by Gasteiger charge is 2.45. The van der Waals surface area contributed by atoms with Crippen LogP contribution >= 0.6 is 15.9 Å². The molecule has 1 aromatic carbocycles. The predicted octanol–water partition coefficient (Wildman–Crippen LogP) is 4.46. The summed E-state index contributed by atoms with van der Waals surface area (Å²) in [5, 5.41) is 3.04. The Labute approximate surface area is 116 Å². The van der Waals surface area contributed by atoms with E-state index < -0.39 is 0 Å². The van der Waals surface area contributed by atoms with Crippen molar-refractivity contribution in [2.75, 3.05) is 5.32 Å². The van der Waals surface area contributed by atoms with E-state index in [1.54, 1.807) is 0 Å². The Kier molecular flexibility index (Phi) is 2.97. The quantitative estimate of drug-likeness (QED) is 0.815. The molecule has 0 bridgehead atoms. The SMILES string of the molecule is CC1(C2C(=O)Nc3ccc(Br)cc32)CCCCC1. The van der Waals surface area contributed by atoms with Crippen LogP contribution in [0.25, 0.3) is 0 Å². The van der Waals surface area contributed by atoms with Crippen LogP contribution in [0.3, 0.4) is 0 Å². The molecular weight excluding hydrogens is 290 g/mol. The van der Waals surface area contributed by atoms with Gasteiger partial charge in [0.05, 0.1) is 5.92 Å². The molecule has 2 nitrogen and oxygen atoms in total. The molecule has 1 aromatic rings. The fourth-order valence-corrected chi connectivity index (χ4v) is 3.95. The second kappa shape index (κ2) is 4.37. The molecule has 1 fully saturated rings. The summed E-state index contributed by atoms with van der Waals surface area (Å²) >= 11 is 3.51. The molecule has 3 heteroatoms. The van der Waals surface area contributed by atoms with Crippen LogP contribution < -0.4 is 5.32 Å². The minimum absolute atomic E-state index is 0.0327. The van der Waals surface area contributed by atoms with Gasteiger partial charge in [-0.3, -0.25) is 4.79 Å². The summed E-state index contributed by atoms with van der Waals surface area (Å²) in [6.07, 6.45) is 6.15. The van der Waals surface area contributed by atoms with Crippen molar-refractivity contribution >= 4 is 27.5 Å². The lowest BCUT2D eigenvalue weighted by atomic mass is 9.65. The zero-order valence-corrected chi connectivity index (χ0v) is 12.2. The van der Waals surface area contributed by atoms with E-state index in [1.165, 1.54) is 24.8 Å². The van der Waals surface area contributed by atoms with Crippen LogP contribution in [0.2, 0.25) is 0 Å². The number of rotatable bonds is 1. The van der Waals surface area contributed by atoms with Crippen LogP contribution in [0.15, 0.2) is 22.7 Å². The Morgan fingerprint density at radius 1 is 1.28 bits per heavy atom. The van der Waals surface area contributed by atoms with E-state index in [0.29, 0.717) is 0 Å².